The van der Waals surface area contributed by atoms with Crippen LogP contribution in [0.5, 0.6) is 0 Å². The first-order chi connectivity index (χ1) is 8.97. The van der Waals surface area contributed by atoms with Crippen molar-refractivity contribution in [3.63, 3.8) is 0 Å². The molecule has 0 unspecified atom stereocenters. The lowest BCUT2D eigenvalue weighted by atomic mass is 10.1. The molecule has 0 atom stereocenters. The van der Waals surface area contributed by atoms with Gasteiger partial charge in [0.2, 0.25) is 0 Å². The molecule has 0 saturated carbocycles. The fraction of sp³-hybridized carbons (Fsp3) is 0.167. The maximum atomic E-state index is 13.8. The van der Waals surface area contributed by atoms with Crippen LogP contribution in [0, 0.1) is 11.6 Å². The lowest BCUT2D eigenvalue weighted by Gasteiger charge is -2.14. The van der Waals surface area contributed by atoms with Crippen LogP contribution in [0.4, 0.5) is 8.78 Å². The number of fused-ring (bicyclic) bond motifs is 1. The van der Waals surface area contributed by atoms with Gasteiger partial charge in [-0.3, -0.25) is 4.79 Å². The fourth-order valence-corrected chi connectivity index (χ4v) is 1.94. The molecule has 1 aromatic carbocycles. The van der Waals surface area contributed by atoms with Gasteiger partial charge in [-0.2, -0.15) is 0 Å². The van der Waals surface area contributed by atoms with Gasteiger partial charge in [0.1, 0.15) is 17.3 Å². The van der Waals surface area contributed by atoms with Crippen LogP contribution in [0.3, 0.4) is 0 Å². The zero-order valence-corrected chi connectivity index (χ0v) is 9.56. The summed E-state index contributed by atoms with van der Waals surface area (Å²) in [6, 6.07) is 2.31. The number of aromatic nitrogens is 1. The number of hydrogen-bond acceptors (Lipinski definition) is 3. The highest BCUT2D eigenvalue weighted by Crippen LogP contribution is 2.20. The molecule has 2 N–H and O–H groups in total. The summed E-state index contributed by atoms with van der Waals surface area (Å²) >= 11 is 0. The van der Waals surface area contributed by atoms with Crippen molar-refractivity contribution in [3.05, 3.63) is 45.8 Å². The number of hydrogen-bond donors (Lipinski definition) is 2. The smallest absolute Gasteiger partial charge is 0.352 e. The van der Waals surface area contributed by atoms with Crippen LogP contribution in [0.15, 0.2) is 23.0 Å². The molecule has 1 aromatic heterocycles. The van der Waals surface area contributed by atoms with E-state index in [9.17, 15) is 18.4 Å². The van der Waals surface area contributed by atoms with Gasteiger partial charge in [0.25, 0.3) is 0 Å². The van der Waals surface area contributed by atoms with Crippen molar-refractivity contribution in [1.29, 1.82) is 0 Å². The second-order valence-corrected chi connectivity index (χ2v) is 3.83. The number of aliphatic hydroxyl groups excluding tert-OH is 1. The van der Waals surface area contributed by atoms with Gasteiger partial charge in [-0.25, -0.2) is 13.6 Å². The van der Waals surface area contributed by atoms with Crippen molar-refractivity contribution in [2.24, 2.45) is 0 Å². The highest BCUT2D eigenvalue weighted by Gasteiger charge is 2.19. The number of halogens is 2. The minimum atomic E-state index is -1.46. The molecule has 100 valence electrons. The zero-order chi connectivity index (χ0) is 14.2. The molecule has 5 nitrogen and oxygen atoms in total. The van der Waals surface area contributed by atoms with Crippen LogP contribution in [0.1, 0.15) is 10.5 Å². The maximum absolute atomic E-state index is 13.8. The van der Waals surface area contributed by atoms with Crippen molar-refractivity contribution >= 4 is 16.9 Å². The number of aliphatic hydroxyl groups is 1. The Balaban J connectivity index is 3.03. The summed E-state index contributed by atoms with van der Waals surface area (Å²) in [5.41, 5.74) is -1.88. The van der Waals surface area contributed by atoms with E-state index >= 15 is 0 Å². The van der Waals surface area contributed by atoms with E-state index in [1.807, 2.05) is 0 Å². The number of pyridine rings is 1. The molecule has 19 heavy (non-hydrogen) atoms. The van der Waals surface area contributed by atoms with Crippen LogP contribution in [-0.2, 0) is 6.54 Å². The van der Waals surface area contributed by atoms with Crippen molar-refractivity contribution in [2.75, 3.05) is 6.61 Å². The molecule has 0 fully saturated rings. The molecule has 0 aliphatic rings. The number of carboxylic acids is 1. The lowest BCUT2D eigenvalue weighted by Crippen LogP contribution is -2.21. The van der Waals surface area contributed by atoms with Gasteiger partial charge in [-0.05, 0) is 12.1 Å². The molecule has 0 radical (unpaired) electrons. The van der Waals surface area contributed by atoms with E-state index in [0.29, 0.717) is 6.07 Å². The monoisotopic (exact) mass is 269 g/mol. The zero-order valence-electron chi connectivity index (χ0n) is 9.56. The predicted octanol–water partition coefficient (Wildman–Crippen LogP) is 0.970. The third-order valence-electron chi connectivity index (χ3n) is 2.70. The van der Waals surface area contributed by atoms with Crippen molar-refractivity contribution in [1.82, 2.24) is 4.57 Å². The van der Waals surface area contributed by atoms with Gasteiger partial charge in [0.15, 0.2) is 5.43 Å². The molecule has 0 saturated heterocycles. The van der Waals surface area contributed by atoms with Gasteiger partial charge < -0.3 is 14.8 Å². The summed E-state index contributed by atoms with van der Waals surface area (Å²) in [4.78, 5) is 22.7. The van der Waals surface area contributed by atoms with Crippen molar-refractivity contribution < 1.29 is 23.8 Å². The lowest BCUT2D eigenvalue weighted by molar-refractivity contribution is 0.0683. The number of carboxylic acid groups (broad SMARTS) is 1. The topological polar surface area (TPSA) is 79.5 Å². The molecular formula is C12H9F2NO4. The maximum Gasteiger partial charge on any atom is 0.352 e. The predicted molar refractivity (Wildman–Crippen MR) is 62.2 cm³/mol. The molecule has 0 aliphatic carbocycles. The SMILES string of the molecule is O=C(O)c1cc(=O)c2c(F)ccc(F)c2n1CCO. The van der Waals surface area contributed by atoms with Crippen LogP contribution in [0.2, 0.25) is 0 Å². The Hall–Kier alpha value is -2.28. The highest BCUT2D eigenvalue weighted by molar-refractivity contribution is 5.90. The number of rotatable bonds is 3. The molecule has 0 bridgehead atoms. The average molecular weight is 269 g/mol. The number of carbonyl (C=O) groups is 1. The number of nitrogens with zero attached hydrogens (tertiary/aromatic N) is 1. The van der Waals surface area contributed by atoms with Gasteiger partial charge in [0.05, 0.1) is 17.5 Å². The summed E-state index contributed by atoms with van der Waals surface area (Å²) in [5.74, 6) is -3.33. The quantitative estimate of drug-likeness (QED) is 0.870. The number of aromatic carboxylic acids is 1. The molecule has 1 heterocycles. The molecular weight excluding hydrogens is 260 g/mol. The second kappa shape index (κ2) is 4.77. The Morgan fingerprint density at radius 2 is 1.89 bits per heavy atom. The van der Waals surface area contributed by atoms with Crippen LogP contribution < -0.4 is 5.43 Å². The molecule has 0 spiro atoms. The minimum absolute atomic E-state index is 0.265. The minimum Gasteiger partial charge on any atom is -0.477 e. The van der Waals surface area contributed by atoms with E-state index in [2.05, 4.69) is 0 Å². The van der Waals surface area contributed by atoms with E-state index in [1.54, 1.807) is 0 Å². The average Bonchev–Trinajstić information content (AvgIpc) is 2.35. The number of benzene rings is 1. The first-order valence-electron chi connectivity index (χ1n) is 5.33. The van der Waals surface area contributed by atoms with Gasteiger partial charge in [0, 0.05) is 12.6 Å². The Kier molecular flexibility index (Phi) is 3.30. The van der Waals surface area contributed by atoms with Crippen LogP contribution in [0.25, 0.3) is 10.9 Å². The van der Waals surface area contributed by atoms with Crippen LogP contribution in [-0.4, -0.2) is 27.4 Å². The molecule has 7 heteroatoms. The van der Waals surface area contributed by atoms with E-state index in [1.165, 1.54) is 0 Å². The van der Waals surface area contributed by atoms with E-state index < -0.39 is 46.2 Å². The normalized spacial score (nSPS) is 10.9. The molecule has 0 amide bonds. The largest absolute Gasteiger partial charge is 0.477 e. The van der Waals surface area contributed by atoms with Gasteiger partial charge in [-0.1, -0.05) is 0 Å². The van der Waals surface area contributed by atoms with E-state index in [4.69, 9.17) is 10.2 Å². The van der Waals surface area contributed by atoms with Crippen molar-refractivity contribution in [2.45, 2.75) is 6.54 Å². The molecule has 0 aliphatic heterocycles. The Bertz CT molecular complexity index is 724. The Labute approximate surface area is 105 Å². The van der Waals surface area contributed by atoms with E-state index in [0.717, 1.165) is 16.7 Å². The third-order valence-corrected chi connectivity index (χ3v) is 2.70. The summed E-state index contributed by atoms with van der Waals surface area (Å²) in [5, 5.41) is 17.4. The Morgan fingerprint density at radius 1 is 1.26 bits per heavy atom. The molecule has 2 aromatic rings. The van der Waals surface area contributed by atoms with Gasteiger partial charge >= 0.3 is 5.97 Å². The second-order valence-electron chi connectivity index (χ2n) is 3.83. The highest BCUT2D eigenvalue weighted by atomic mass is 19.1. The summed E-state index contributed by atoms with van der Waals surface area (Å²) in [6.45, 7) is -0.743. The third kappa shape index (κ3) is 2.08. The molecule has 2 rings (SSSR count). The first kappa shape index (κ1) is 13.2. The summed E-state index contributed by atoms with van der Waals surface area (Å²) in [7, 11) is 0. The first-order valence-corrected chi connectivity index (χ1v) is 5.33. The fourth-order valence-electron chi connectivity index (χ4n) is 1.94. The van der Waals surface area contributed by atoms with Crippen molar-refractivity contribution in [3.8, 4) is 0 Å². The summed E-state index contributed by atoms with van der Waals surface area (Å²) in [6.07, 6.45) is 0. The Morgan fingerprint density at radius 3 is 2.47 bits per heavy atom. The van der Waals surface area contributed by atoms with Gasteiger partial charge in [-0.15, -0.1) is 0 Å². The van der Waals surface area contributed by atoms with E-state index in [-0.39, 0.29) is 6.54 Å². The standard InChI is InChI=1S/C12H9F2NO4/c13-6-1-2-7(14)11-10(6)9(17)5-8(12(18)19)15(11)3-4-16/h1-2,5,16H,3-4H2,(H,18,19). The summed E-state index contributed by atoms with van der Waals surface area (Å²) < 4.78 is 28.2. The van der Waals surface area contributed by atoms with Crippen LogP contribution >= 0.6 is 0 Å².